The second-order valence-corrected chi connectivity index (χ2v) is 4.88. The molecule has 0 radical (unpaired) electrons. The van der Waals surface area contributed by atoms with E-state index in [1.165, 1.54) is 0 Å². The number of benzene rings is 1. The Morgan fingerprint density at radius 1 is 1.37 bits per heavy atom. The van der Waals surface area contributed by atoms with Crippen LogP contribution in [-0.2, 0) is 0 Å². The van der Waals surface area contributed by atoms with Crippen molar-refractivity contribution in [3.63, 3.8) is 0 Å². The molecule has 2 N–H and O–H groups in total. The van der Waals surface area contributed by atoms with E-state index in [1.807, 2.05) is 16.8 Å². The lowest BCUT2D eigenvalue weighted by molar-refractivity contribution is 0.404. The fourth-order valence-corrected chi connectivity index (χ4v) is 2.38. The van der Waals surface area contributed by atoms with E-state index in [-0.39, 0.29) is 6.04 Å². The molecule has 19 heavy (non-hydrogen) atoms. The second kappa shape index (κ2) is 6.02. The number of halogens is 1. The molecular weight excluding hydrogens is 262 g/mol. The molecule has 0 saturated heterocycles. The fourth-order valence-electron chi connectivity index (χ4n) is 2.17. The van der Waals surface area contributed by atoms with E-state index >= 15 is 0 Å². The highest BCUT2D eigenvalue weighted by atomic mass is 35.5. The topological polar surface area (TPSA) is 69.6 Å². The molecule has 0 bridgehead atoms. The molecular formula is C13H18ClN5. The van der Waals surface area contributed by atoms with Gasteiger partial charge in [0.05, 0.1) is 16.8 Å². The van der Waals surface area contributed by atoms with Crippen LogP contribution in [-0.4, -0.2) is 20.2 Å². The minimum Gasteiger partial charge on any atom is -0.398 e. The molecule has 1 heterocycles. The standard InChI is InChI=1S/C13H18ClN5/c1-3-6-9(4-2)19-13(16-17-18-19)10-7-5-8-11(15)12(10)14/h5,7-9H,3-4,6,15H2,1-2H3. The summed E-state index contributed by atoms with van der Waals surface area (Å²) < 4.78 is 1.85. The molecule has 5 nitrogen and oxygen atoms in total. The third kappa shape index (κ3) is 2.71. The van der Waals surface area contributed by atoms with E-state index in [0.717, 1.165) is 24.8 Å². The van der Waals surface area contributed by atoms with Gasteiger partial charge in [0, 0.05) is 5.56 Å². The molecule has 0 saturated carbocycles. The maximum absolute atomic E-state index is 6.25. The number of nitrogens with zero attached hydrogens (tertiary/aromatic N) is 4. The van der Waals surface area contributed by atoms with Crippen molar-refractivity contribution in [2.45, 2.75) is 39.2 Å². The Labute approximate surface area is 117 Å². The highest BCUT2D eigenvalue weighted by molar-refractivity contribution is 6.35. The summed E-state index contributed by atoms with van der Waals surface area (Å²) in [6, 6.07) is 5.80. The molecule has 0 fully saturated rings. The number of hydrogen-bond acceptors (Lipinski definition) is 4. The zero-order chi connectivity index (χ0) is 13.8. The Bertz CT molecular complexity index is 552. The van der Waals surface area contributed by atoms with Crippen molar-refractivity contribution in [1.82, 2.24) is 20.2 Å². The first-order chi connectivity index (χ1) is 9.19. The summed E-state index contributed by atoms with van der Waals surface area (Å²) in [6.45, 7) is 4.28. The molecule has 1 atom stereocenters. The first kappa shape index (κ1) is 13.8. The number of nitrogen functional groups attached to an aromatic ring is 1. The van der Waals surface area contributed by atoms with Crippen LogP contribution in [0.2, 0.25) is 5.02 Å². The molecule has 1 aromatic carbocycles. The molecule has 6 heteroatoms. The van der Waals surface area contributed by atoms with Crippen LogP contribution in [0.3, 0.4) is 0 Å². The number of tetrazole rings is 1. The predicted molar refractivity (Wildman–Crippen MR) is 76.9 cm³/mol. The molecule has 1 aromatic heterocycles. The molecule has 0 aliphatic rings. The Balaban J connectivity index is 2.46. The zero-order valence-electron chi connectivity index (χ0n) is 11.2. The monoisotopic (exact) mass is 279 g/mol. The van der Waals surface area contributed by atoms with E-state index in [9.17, 15) is 0 Å². The molecule has 0 amide bonds. The first-order valence-electron chi connectivity index (χ1n) is 6.51. The lowest BCUT2D eigenvalue weighted by atomic mass is 10.1. The normalized spacial score (nSPS) is 12.6. The van der Waals surface area contributed by atoms with Gasteiger partial charge in [0.15, 0.2) is 5.82 Å². The van der Waals surface area contributed by atoms with Crippen LogP contribution >= 0.6 is 11.6 Å². The summed E-state index contributed by atoms with van der Waals surface area (Å²) in [4.78, 5) is 0. The number of hydrogen-bond donors (Lipinski definition) is 1. The van der Waals surface area contributed by atoms with Crippen LogP contribution in [0.1, 0.15) is 39.2 Å². The van der Waals surface area contributed by atoms with Crippen molar-refractivity contribution in [2.24, 2.45) is 0 Å². The average molecular weight is 280 g/mol. The Hall–Kier alpha value is -1.62. The van der Waals surface area contributed by atoms with Crippen LogP contribution in [0.15, 0.2) is 18.2 Å². The summed E-state index contributed by atoms with van der Waals surface area (Å²) in [5.74, 6) is 0.678. The largest absolute Gasteiger partial charge is 0.398 e. The van der Waals surface area contributed by atoms with Crippen LogP contribution < -0.4 is 5.73 Å². The van der Waals surface area contributed by atoms with Gasteiger partial charge in [0.25, 0.3) is 0 Å². The fraction of sp³-hybridized carbons (Fsp3) is 0.462. The number of aromatic nitrogens is 4. The van der Waals surface area contributed by atoms with Crippen LogP contribution in [0, 0.1) is 0 Å². The molecule has 0 spiro atoms. The summed E-state index contributed by atoms with van der Waals surface area (Å²) >= 11 is 6.25. The third-order valence-electron chi connectivity index (χ3n) is 3.20. The van der Waals surface area contributed by atoms with Crippen LogP contribution in [0.5, 0.6) is 0 Å². The Morgan fingerprint density at radius 3 is 2.84 bits per heavy atom. The predicted octanol–water partition coefficient (Wildman–Crippen LogP) is 3.33. The van der Waals surface area contributed by atoms with Crippen molar-refractivity contribution in [1.29, 1.82) is 0 Å². The quantitative estimate of drug-likeness (QED) is 0.852. The molecule has 1 unspecified atom stereocenters. The first-order valence-corrected chi connectivity index (χ1v) is 6.89. The van der Waals surface area contributed by atoms with Crippen molar-refractivity contribution in [3.8, 4) is 11.4 Å². The summed E-state index contributed by atoms with van der Waals surface area (Å²) in [5.41, 5.74) is 7.15. The van der Waals surface area contributed by atoms with Crippen molar-refractivity contribution < 1.29 is 0 Å². The van der Waals surface area contributed by atoms with Crippen molar-refractivity contribution in [3.05, 3.63) is 23.2 Å². The van der Waals surface area contributed by atoms with Crippen LogP contribution in [0.25, 0.3) is 11.4 Å². The van der Waals surface area contributed by atoms with Gasteiger partial charge in [0.2, 0.25) is 0 Å². The number of anilines is 1. The van der Waals surface area contributed by atoms with E-state index < -0.39 is 0 Å². The molecule has 0 aliphatic heterocycles. The van der Waals surface area contributed by atoms with Gasteiger partial charge in [0.1, 0.15) is 0 Å². The zero-order valence-corrected chi connectivity index (χ0v) is 11.9. The van der Waals surface area contributed by atoms with E-state index in [0.29, 0.717) is 16.5 Å². The molecule has 0 aliphatic carbocycles. The highest BCUT2D eigenvalue weighted by Crippen LogP contribution is 2.32. The lowest BCUT2D eigenvalue weighted by Crippen LogP contribution is -2.11. The van der Waals surface area contributed by atoms with E-state index in [1.54, 1.807) is 6.07 Å². The Morgan fingerprint density at radius 2 is 2.16 bits per heavy atom. The molecule has 2 rings (SSSR count). The van der Waals surface area contributed by atoms with Gasteiger partial charge in [-0.1, -0.05) is 37.9 Å². The molecule has 102 valence electrons. The van der Waals surface area contributed by atoms with Gasteiger partial charge in [-0.25, -0.2) is 4.68 Å². The summed E-state index contributed by atoms with van der Waals surface area (Å²) in [6.07, 6.45) is 3.10. The minimum atomic E-state index is 0.285. The van der Waals surface area contributed by atoms with Gasteiger partial charge in [-0.05, 0) is 35.4 Å². The van der Waals surface area contributed by atoms with Crippen molar-refractivity contribution >= 4 is 17.3 Å². The average Bonchev–Trinajstić information content (AvgIpc) is 2.88. The van der Waals surface area contributed by atoms with E-state index in [4.69, 9.17) is 17.3 Å². The number of nitrogens with two attached hydrogens (primary N) is 1. The Kier molecular flexibility index (Phi) is 4.37. The van der Waals surface area contributed by atoms with Crippen molar-refractivity contribution in [2.75, 3.05) is 5.73 Å². The maximum atomic E-state index is 6.25. The molecule has 2 aromatic rings. The summed E-state index contributed by atoms with van der Waals surface area (Å²) in [7, 11) is 0. The maximum Gasteiger partial charge on any atom is 0.183 e. The van der Waals surface area contributed by atoms with Gasteiger partial charge in [-0.2, -0.15) is 0 Å². The van der Waals surface area contributed by atoms with Crippen LogP contribution in [0.4, 0.5) is 5.69 Å². The minimum absolute atomic E-state index is 0.285. The van der Waals surface area contributed by atoms with Gasteiger partial charge in [-0.3, -0.25) is 0 Å². The van der Waals surface area contributed by atoms with E-state index in [2.05, 4.69) is 29.4 Å². The third-order valence-corrected chi connectivity index (χ3v) is 3.62. The highest BCUT2D eigenvalue weighted by Gasteiger charge is 2.18. The SMILES string of the molecule is CCCC(CC)n1nnnc1-c1cccc(N)c1Cl. The second-order valence-electron chi connectivity index (χ2n) is 4.51. The smallest absolute Gasteiger partial charge is 0.183 e. The number of rotatable bonds is 5. The van der Waals surface area contributed by atoms with Gasteiger partial charge < -0.3 is 5.73 Å². The summed E-state index contributed by atoms with van der Waals surface area (Å²) in [5, 5.41) is 12.5. The van der Waals surface area contributed by atoms with Gasteiger partial charge >= 0.3 is 0 Å². The van der Waals surface area contributed by atoms with Gasteiger partial charge in [-0.15, -0.1) is 5.10 Å². The lowest BCUT2D eigenvalue weighted by Gasteiger charge is -2.16.